The average molecular weight is 226 g/mol. The molecule has 0 radical (unpaired) electrons. The van der Waals surface area contributed by atoms with Crippen LogP contribution in [0.1, 0.15) is 59.8 Å². The second kappa shape index (κ2) is 6.02. The lowest BCUT2D eigenvalue weighted by molar-refractivity contribution is 0.0127. The molecule has 1 aliphatic rings. The monoisotopic (exact) mass is 226 g/mol. The Labute approximate surface area is 102 Å². The lowest BCUT2D eigenvalue weighted by Crippen LogP contribution is -2.58. The number of hydrogen-bond acceptors (Lipinski definition) is 2. The fraction of sp³-hybridized carbons (Fsp3) is 1.00. The van der Waals surface area contributed by atoms with Crippen molar-refractivity contribution in [2.45, 2.75) is 71.4 Å². The SMILES string of the molecule is CCC(C)N(CC)C1(CN)CCCC(C)C1. The summed E-state index contributed by atoms with van der Waals surface area (Å²) in [7, 11) is 0. The van der Waals surface area contributed by atoms with Crippen molar-refractivity contribution in [1.29, 1.82) is 0 Å². The Hall–Kier alpha value is -0.0800. The van der Waals surface area contributed by atoms with Crippen molar-refractivity contribution in [2.75, 3.05) is 13.1 Å². The smallest absolute Gasteiger partial charge is 0.0336 e. The molecule has 0 aromatic heterocycles. The molecule has 2 heteroatoms. The standard InChI is InChI=1S/C14H30N2/c1-5-13(4)16(6-2)14(11-15)9-7-8-12(3)10-14/h12-13H,5-11,15H2,1-4H3. The van der Waals surface area contributed by atoms with Gasteiger partial charge in [-0.1, -0.05) is 33.6 Å². The average Bonchev–Trinajstić information content (AvgIpc) is 2.29. The van der Waals surface area contributed by atoms with Crippen LogP contribution in [-0.4, -0.2) is 29.6 Å². The Morgan fingerprint density at radius 3 is 2.56 bits per heavy atom. The highest BCUT2D eigenvalue weighted by Gasteiger charge is 2.39. The zero-order chi connectivity index (χ0) is 12.2. The highest BCUT2D eigenvalue weighted by Crippen LogP contribution is 2.37. The second-order valence-corrected chi connectivity index (χ2v) is 5.67. The van der Waals surface area contributed by atoms with E-state index in [9.17, 15) is 0 Å². The van der Waals surface area contributed by atoms with Gasteiger partial charge in [-0.15, -0.1) is 0 Å². The quantitative estimate of drug-likeness (QED) is 0.781. The van der Waals surface area contributed by atoms with E-state index in [1.54, 1.807) is 0 Å². The van der Waals surface area contributed by atoms with E-state index in [1.165, 1.54) is 32.1 Å². The molecule has 0 saturated heterocycles. The molecule has 0 aromatic rings. The van der Waals surface area contributed by atoms with Crippen LogP contribution in [0.4, 0.5) is 0 Å². The van der Waals surface area contributed by atoms with Crippen molar-refractivity contribution in [3.63, 3.8) is 0 Å². The van der Waals surface area contributed by atoms with Crippen molar-refractivity contribution >= 4 is 0 Å². The minimum absolute atomic E-state index is 0.293. The minimum Gasteiger partial charge on any atom is -0.329 e. The van der Waals surface area contributed by atoms with Crippen LogP contribution in [-0.2, 0) is 0 Å². The molecule has 3 atom stereocenters. The molecule has 16 heavy (non-hydrogen) atoms. The van der Waals surface area contributed by atoms with E-state index in [0.29, 0.717) is 11.6 Å². The van der Waals surface area contributed by atoms with Crippen LogP contribution in [0.25, 0.3) is 0 Å². The summed E-state index contributed by atoms with van der Waals surface area (Å²) >= 11 is 0. The molecule has 0 aromatic carbocycles. The van der Waals surface area contributed by atoms with Crippen LogP contribution in [0.2, 0.25) is 0 Å². The Morgan fingerprint density at radius 2 is 2.12 bits per heavy atom. The van der Waals surface area contributed by atoms with Crippen LogP contribution in [0, 0.1) is 5.92 Å². The van der Waals surface area contributed by atoms with Gasteiger partial charge in [0.1, 0.15) is 0 Å². The molecular weight excluding hydrogens is 196 g/mol. The van der Waals surface area contributed by atoms with E-state index in [4.69, 9.17) is 5.73 Å². The molecule has 1 aliphatic carbocycles. The van der Waals surface area contributed by atoms with Crippen LogP contribution >= 0.6 is 0 Å². The van der Waals surface area contributed by atoms with E-state index in [1.807, 2.05) is 0 Å². The Kier molecular flexibility index (Phi) is 5.26. The molecular formula is C14H30N2. The summed E-state index contributed by atoms with van der Waals surface area (Å²) in [5, 5.41) is 0. The largest absolute Gasteiger partial charge is 0.329 e. The number of rotatable bonds is 5. The normalized spacial score (nSPS) is 33.0. The molecule has 0 amide bonds. The molecule has 1 saturated carbocycles. The summed E-state index contributed by atoms with van der Waals surface area (Å²) in [6.07, 6.45) is 6.56. The Bertz CT molecular complexity index is 205. The van der Waals surface area contributed by atoms with Crippen LogP contribution in [0.3, 0.4) is 0 Å². The molecule has 0 bridgehead atoms. The summed E-state index contributed by atoms with van der Waals surface area (Å²) < 4.78 is 0. The number of hydrogen-bond donors (Lipinski definition) is 1. The second-order valence-electron chi connectivity index (χ2n) is 5.67. The van der Waals surface area contributed by atoms with Crippen molar-refractivity contribution < 1.29 is 0 Å². The van der Waals surface area contributed by atoms with E-state index >= 15 is 0 Å². The zero-order valence-electron chi connectivity index (χ0n) is 11.6. The van der Waals surface area contributed by atoms with E-state index in [2.05, 4.69) is 32.6 Å². The highest BCUT2D eigenvalue weighted by molar-refractivity contribution is 4.97. The molecule has 2 nitrogen and oxygen atoms in total. The third kappa shape index (κ3) is 2.78. The van der Waals surface area contributed by atoms with Gasteiger partial charge in [0.25, 0.3) is 0 Å². The molecule has 3 unspecified atom stereocenters. The van der Waals surface area contributed by atoms with Gasteiger partial charge in [0.15, 0.2) is 0 Å². The summed E-state index contributed by atoms with van der Waals surface area (Å²) in [6.45, 7) is 11.3. The molecule has 1 rings (SSSR count). The Morgan fingerprint density at radius 1 is 1.44 bits per heavy atom. The van der Waals surface area contributed by atoms with Crippen LogP contribution in [0.15, 0.2) is 0 Å². The maximum atomic E-state index is 6.13. The van der Waals surface area contributed by atoms with Gasteiger partial charge in [-0.2, -0.15) is 0 Å². The van der Waals surface area contributed by atoms with Gasteiger partial charge in [-0.25, -0.2) is 0 Å². The highest BCUT2D eigenvalue weighted by atomic mass is 15.2. The summed E-state index contributed by atoms with van der Waals surface area (Å²) in [5.74, 6) is 0.843. The fourth-order valence-corrected chi connectivity index (χ4v) is 3.53. The van der Waals surface area contributed by atoms with Gasteiger partial charge in [0, 0.05) is 18.1 Å². The summed E-state index contributed by atoms with van der Waals surface area (Å²) in [6, 6.07) is 0.666. The first-order chi connectivity index (χ1) is 7.59. The molecule has 0 spiro atoms. The Balaban J connectivity index is 2.82. The minimum atomic E-state index is 0.293. The van der Waals surface area contributed by atoms with Gasteiger partial charge in [-0.05, 0) is 38.6 Å². The van der Waals surface area contributed by atoms with Gasteiger partial charge in [0.05, 0.1) is 0 Å². The van der Waals surface area contributed by atoms with Crippen molar-refractivity contribution in [3.05, 3.63) is 0 Å². The van der Waals surface area contributed by atoms with E-state index < -0.39 is 0 Å². The summed E-state index contributed by atoms with van der Waals surface area (Å²) in [5.41, 5.74) is 6.42. The van der Waals surface area contributed by atoms with E-state index in [0.717, 1.165) is 19.0 Å². The molecule has 96 valence electrons. The molecule has 1 fully saturated rings. The van der Waals surface area contributed by atoms with Crippen molar-refractivity contribution in [2.24, 2.45) is 11.7 Å². The van der Waals surface area contributed by atoms with Crippen molar-refractivity contribution in [3.8, 4) is 0 Å². The molecule has 0 heterocycles. The predicted molar refractivity (Wildman–Crippen MR) is 71.6 cm³/mol. The number of likely N-dealkylation sites (N-methyl/N-ethyl adjacent to an activating group) is 1. The molecule has 2 N–H and O–H groups in total. The topological polar surface area (TPSA) is 29.3 Å². The summed E-state index contributed by atoms with van der Waals surface area (Å²) in [4.78, 5) is 2.67. The lowest BCUT2D eigenvalue weighted by atomic mass is 9.74. The first-order valence-electron chi connectivity index (χ1n) is 7.06. The maximum Gasteiger partial charge on any atom is 0.0336 e. The third-order valence-electron chi connectivity index (χ3n) is 4.52. The zero-order valence-corrected chi connectivity index (χ0v) is 11.6. The lowest BCUT2D eigenvalue weighted by Gasteiger charge is -2.50. The van der Waals surface area contributed by atoms with E-state index in [-0.39, 0.29) is 0 Å². The van der Waals surface area contributed by atoms with Crippen molar-refractivity contribution in [1.82, 2.24) is 4.90 Å². The first kappa shape index (κ1) is 14.0. The third-order valence-corrected chi connectivity index (χ3v) is 4.52. The first-order valence-corrected chi connectivity index (χ1v) is 7.06. The number of nitrogens with two attached hydrogens (primary N) is 1. The van der Waals surface area contributed by atoms with Gasteiger partial charge in [-0.3, -0.25) is 4.90 Å². The maximum absolute atomic E-state index is 6.13. The number of nitrogens with zero attached hydrogens (tertiary/aromatic N) is 1. The van der Waals surface area contributed by atoms with Gasteiger partial charge < -0.3 is 5.73 Å². The predicted octanol–water partition coefficient (Wildman–Crippen LogP) is 3.01. The van der Waals surface area contributed by atoms with Crippen LogP contribution in [0.5, 0.6) is 0 Å². The molecule has 0 aliphatic heterocycles. The fourth-order valence-electron chi connectivity index (χ4n) is 3.53. The van der Waals surface area contributed by atoms with Gasteiger partial charge in [0.2, 0.25) is 0 Å². The van der Waals surface area contributed by atoms with Crippen LogP contribution < -0.4 is 5.73 Å². The van der Waals surface area contributed by atoms with Gasteiger partial charge >= 0.3 is 0 Å².